The van der Waals surface area contributed by atoms with E-state index in [4.69, 9.17) is 4.74 Å². The van der Waals surface area contributed by atoms with Crippen molar-refractivity contribution in [2.45, 2.75) is 32.2 Å². The van der Waals surface area contributed by atoms with Crippen LogP contribution in [0.5, 0.6) is 0 Å². The van der Waals surface area contributed by atoms with E-state index >= 15 is 0 Å². The molecule has 0 amide bonds. The molecule has 4 heteroatoms. The maximum absolute atomic E-state index is 12.3. The molecule has 1 N–H and O–H groups in total. The molecule has 1 rings (SSSR count). The monoisotopic (exact) mass is 193 g/mol. The second-order valence-electron chi connectivity index (χ2n) is 3.85. The molecule has 2 nitrogen and oxygen atoms in total. The van der Waals surface area contributed by atoms with Crippen molar-refractivity contribution in [2.75, 3.05) is 19.8 Å². The van der Waals surface area contributed by atoms with Crippen molar-refractivity contribution < 1.29 is 13.5 Å². The van der Waals surface area contributed by atoms with Crippen LogP contribution in [0.15, 0.2) is 0 Å². The summed E-state index contributed by atoms with van der Waals surface area (Å²) in [5.74, 6) is -2.96. The Bertz CT molecular complexity index is 162. The van der Waals surface area contributed by atoms with E-state index in [1.54, 1.807) is 0 Å². The zero-order valence-corrected chi connectivity index (χ0v) is 8.15. The molecule has 1 aliphatic rings. The first-order valence-corrected chi connectivity index (χ1v) is 4.71. The van der Waals surface area contributed by atoms with Crippen LogP contribution in [-0.2, 0) is 4.74 Å². The lowest BCUT2D eigenvalue weighted by Gasteiger charge is -2.07. The lowest BCUT2D eigenvalue weighted by molar-refractivity contribution is 0.0553. The molecule has 13 heavy (non-hydrogen) atoms. The van der Waals surface area contributed by atoms with Crippen molar-refractivity contribution in [2.24, 2.45) is 5.92 Å². The fraction of sp³-hybridized carbons (Fsp3) is 1.00. The highest BCUT2D eigenvalue weighted by atomic mass is 19.3. The number of alkyl halides is 2. The van der Waals surface area contributed by atoms with Gasteiger partial charge in [-0.15, -0.1) is 0 Å². The predicted molar refractivity (Wildman–Crippen MR) is 47.0 cm³/mol. The Balaban J connectivity index is 1.86. The van der Waals surface area contributed by atoms with Gasteiger partial charge in [0.25, 0.3) is 5.92 Å². The molecule has 0 aromatic heterocycles. The number of nitrogens with one attached hydrogen (secondary N) is 1. The first kappa shape index (κ1) is 10.9. The molecular formula is C9H17F2NO. The van der Waals surface area contributed by atoms with E-state index in [-0.39, 0.29) is 13.0 Å². The Morgan fingerprint density at radius 2 is 2.15 bits per heavy atom. The molecule has 1 unspecified atom stereocenters. The van der Waals surface area contributed by atoms with E-state index in [0.717, 1.165) is 6.54 Å². The normalized spacial score (nSPS) is 25.2. The van der Waals surface area contributed by atoms with E-state index in [1.807, 2.05) is 13.8 Å². The van der Waals surface area contributed by atoms with Crippen molar-refractivity contribution in [1.82, 2.24) is 5.32 Å². The largest absolute Gasteiger partial charge is 0.380 e. The second kappa shape index (κ2) is 4.33. The Labute approximate surface area is 77.6 Å². The summed E-state index contributed by atoms with van der Waals surface area (Å²) >= 11 is 0. The number of hydrogen-bond donors (Lipinski definition) is 1. The van der Waals surface area contributed by atoms with Gasteiger partial charge >= 0.3 is 0 Å². The fourth-order valence-electron chi connectivity index (χ4n) is 1.10. The Hall–Kier alpha value is -0.220. The van der Waals surface area contributed by atoms with Gasteiger partial charge in [-0.1, -0.05) is 13.8 Å². The molecule has 0 heterocycles. The summed E-state index contributed by atoms with van der Waals surface area (Å²) in [6, 6.07) is 0.422. The predicted octanol–water partition coefficient (Wildman–Crippen LogP) is 1.66. The first-order chi connectivity index (χ1) is 6.02. The summed E-state index contributed by atoms with van der Waals surface area (Å²) in [7, 11) is 0. The Morgan fingerprint density at radius 1 is 1.54 bits per heavy atom. The van der Waals surface area contributed by atoms with Crippen LogP contribution in [-0.4, -0.2) is 31.7 Å². The summed E-state index contributed by atoms with van der Waals surface area (Å²) < 4.78 is 29.8. The number of ether oxygens (including phenoxy) is 1. The molecule has 0 spiro atoms. The van der Waals surface area contributed by atoms with Gasteiger partial charge < -0.3 is 10.1 Å². The topological polar surface area (TPSA) is 21.3 Å². The highest BCUT2D eigenvalue weighted by Gasteiger charge is 2.56. The van der Waals surface area contributed by atoms with Crippen LogP contribution < -0.4 is 5.32 Å². The van der Waals surface area contributed by atoms with Gasteiger partial charge in [0.2, 0.25) is 0 Å². The van der Waals surface area contributed by atoms with Crippen LogP contribution in [0.2, 0.25) is 0 Å². The van der Waals surface area contributed by atoms with Gasteiger partial charge in [0.15, 0.2) is 0 Å². The third kappa shape index (κ3) is 4.00. The van der Waals surface area contributed by atoms with Gasteiger partial charge in [0.1, 0.15) is 0 Å². The summed E-state index contributed by atoms with van der Waals surface area (Å²) in [6.07, 6.45) is 0.00457. The molecule has 0 saturated heterocycles. The fourth-order valence-corrected chi connectivity index (χ4v) is 1.10. The number of hydrogen-bond acceptors (Lipinski definition) is 2. The molecule has 1 atom stereocenters. The minimum atomic E-state index is -2.44. The van der Waals surface area contributed by atoms with Gasteiger partial charge in [-0.2, -0.15) is 0 Å². The van der Waals surface area contributed by atoms with E-state index in [2.05, 4.69) is 5.32 Å². The highest BCUT2D eigenvalue weighted by molar-refractivity contribution is 4.94. The first-order valence-electron chi connectivity index (χ1n) is 4.71. The number of halogens is 2. The van der Waals surface area contributed by atoms with Crippen LogP contribution in [0, 0.1) is 5.92 Å². The van der Waals surface area contributed by atoms with Gasteiger partial charge in [-0.05, 0) is 0 Å². The molecule has 0 aromatic rings. The molecule has 0 radical (unpaired) electrons. The zero-order valence-electron chi connectivity index (χ0n) is 8.15. The quantitative estimate of drug-likeness (QED) is 0.648. The summed E-state index contributed by atoms with van der Waals surface area (Å²) in [6.45, 7) is 5.53. The average molecular weight is 193 g/mol. The van der Waals surface area contributed by atoms with Crippen molar-refractivity contribution in [3.05, 3.63) is 0 Å². The Kier molecular flexibility index (Phi) is 3.62. The van der Waals surface area contributed by atoms with Crippen molar-refractivity contribution in [3.8, 4) is 0 Å². The van der Waals surface area contributed by atoms with E-state index in [9.17, 15) is 8.78 Å². The van der Waals surface area contributed by atoms with Gasteiger partial charge in [-0.3, -0.25) is 0 Å². The number of rotatable bonds is 6. The average Bonchev–Trinajstić information content (AvgIpc) is 2.58. The molecule has 1 aliphatic carbocycles. The third-order valence-corrected chi connectivity index (χ3v) is 2.07. The minimum absolute atomic E-state index is 0.00457. The summed E-state index contributed by atoms with van der Waals surface area (Å²) in [5, 5.41) is 3.15. The smallest absolute Gasteiger partial charge is 0.253 e. The highest BCUT2D eigenvalue weighted by Crippen LogP contribution is 2.48. The van der Waals surface area contributed by atoms with Crippen LogP contribution >= 0.6 is 0 Å². The van der Waals surface area contributed by atoms with Crippen molar-refractivity contribution in [3.63, 3.8) is 0 Å². The Morgan fingerprint density at radius 3 is 2.62 bits per heavy atom. The minimum Gasteiger partial charge on any atom is -0.380 e. The van der Waals surface area contributed by atoms with Crippen LogP contribution in [0.3, 0.4) is 0 Å². The molecule has 1 saturated carbocycles. The van der Waals surface area contributed by atoms with Crippen LogP contribution in [0.1, 0.15) is 20.3 Å². The third-order valence-electron chi connectivity index (χ3n) is 2.07. The lowest BCUT2D eigenvalue weighted by Crippen LogP contribution is -2.27. The second-order valence-corrected chi connectivity index (χ2v) is 3.85. The van der Waals surface area contributed by atoms with Crippen molar-refractivity contribution in [1.29, 1.82) is 0 Å². The maximum atomic E-state index is 12.3. The van der Waals surface area contributed by atoms with Crippen LogP contribution in [0.25, 0.3) is 0 Å². The molecule has 0 aromatic carbocycles. The summed E-state index contributed by atoms with van der Waals surface area (Å²) in [4.78, 5) is 0. The van der Waals surface area contributed by atoms with E-state index < -0.39 is 11.8 Å². The molecular weight excluding hydrogens is 176 g/mol. The SMILES string of the molecule is CC(C)NCCOCC1CC1(F)F. The van der Waals surface area contributed by atoms with E-state index in [0.29, 0.717) is 12.6 Å². The van der Waals surface area contributed by atoms with Crippen molar-refractivity contribution >= 4 is 0 Å². The van der Waals surface area contributed by atoms with Gasteiger partial charge in [0.05, 0.1) is 19.1 Å². The molecule has 0 aliphatic heterocycles. The molecule has 78 valence electrons. The zero-order chi connectivity index (χ0) is 9.90. The molecule has 1 fully saturated rings. The standard InChI is InChI=1S/C9H17F2NO/c1-7(2)12-3-4-13-6-8-5-9(8,10)11/h7-8,12H,3-6H2,1-2H3. The summed E-state index contributed by atoms with van der Waals surface area (Å²) in [5.41, 5.74) is 0. The molecule has 0 bridgehead atoms. The van der Waals surface area contributed by atoms with Gasteiger partial charge in [-0.25, -0.2) is 8.78 Å². The van der Waals surface area contributed by atoms with Gasteiger partial charge in [0, 0.05) is 19.0 Å². The maximum Gasteiger partial charge on any atom is 0.253 e. The van der Waals surface area contributed by atoms with E-state index in [1.165, 1.54) is 0 Å². The van der Waals surface area contributed by atoms with Crippen LogP contribution in [0.4, 0.5) is 8.78 Å². The lowest BCUT2D eigenvalue weighted by atomic mass is 10.4.